The third kappa shape index (κ3) is 9.38. The lowest BCUT2D eigenvalue weighted by molar-refractivity contribution is -0.139. The summed E-state index contributed by atoms with van der Waals surface area (Å²) in [6.07, 6.45) is -0.267. The average Bonchev–Trinajstić information content (AvgIpc) is 3.66. The van der Waals surface area contributed by atoms with Gasteiger partial charge in [-0.25, -0.2) is 14.4 Å². The smallest absolute Gasteiger partial charge is 0.330 e. The maximum atomic E-state index is 13.5. The SMILES string of the molecule is C[C@H](N)C(=O)N(C)[C@@H](C)[C@H](NC(=O)[C@H](C)NC(=O)N[C@@H](Cc1c[nH]c2ccccc12)C(=O)O)C(=O)NC[C@H]1C[C@@H](O)[C@H](n2ccc(=O)[nH]c2=O)O1. The Morgan fingerprint density at radius 2 is 1.76 bits per heavy atom. The number of aliphatic carboxylic acids is 1. The number of carboxylic acids is 1. The van der Waals surface area contributed by atoms with Gasteiger partial charge in [0.05, 0.1) is 18.2 Å². The number of nitrogens with zero attached hydrogens (tertiary/aromatic N) is 2. The third-order valence-corrected chi connectivity index (χ3v) is 8.65. The Bertz CT molecular complexity index is 1870. The minimum atomic E-state index is -1.38. The van der Waals surface area contributed by atoms with Gasteiger partial charge >= 0.3 is 17.7 Å². The molecule has 4 rings (SSSR count). The second-order valence-electron chi connectivity index (χ2n) is 12.5. The van der Waals surface area contributed by atoms with E-state index in [4.69, 9.17) is 10.5 Å². The number of likely N-dealkylation sites (N-methyl/N-ethyl adjacent to an activating group) is 1. The number of rotatable bonds is 14. The first kappa shape index (κ1) is 38.3. The molecule has 1 aromatic carbocycles. The minimum Gasteiger partial charge on any atom is -0.480 e. The van der Waals surface area contributed by atoms with Crippen LogP contribution in [-0.2, 0) is 30.3 Å². The molecule has 276 valence electrons. The van der Waals surface area contributed by atoms with E-state index < -0.39 is 89.6 Å². The second kappa shape index (κ2) is 16.5. The van der Waals surface area contributed by atoms with Crippen LogP contribution in [0.15, 0.2) is 52.3 Å². The highest BCUT2D eigenvalue weighted by atomic mass is 16.5. The van der Waals surface area contributed by atoms with Crippen LogP contribution in [0.5, 0.6) is 0 Å². The zero-order valence-electron chi connectivity index (χ0n) is 28.4. The van der Waals surface area contributed by atoms with Crippen LogP contribution >= 0.6 is 0 Å². The number of hydrogen-bond donors (Lipinski definition) is 9. The normalized spacial score (nSPS) is 20.0. The van der Waals surface area contributed by atoms with Crippen LogP contribution in [0, 0.1) is 0 Å². The first-order chi connectivity index (χ1) is 24.1. The molecule has 5 amide bonds. The lowest BCUT2D eigenvalue weighted by Crippen LogP contribution is -2.62. The predicted molar refractivity (Wildman–Crippen MR) is 181 cm³/mol. The van der Waals surface area contributed by atoms with Crippen molar-refractivity contribution in [2.75, 3.05) is 13.6 Å². The lowest BCUT2D eigenvalue weighted by atomic mass is 10.1. The highest BCUT2D eigenvalue weighted by Gasteiger charge is 2.38. The van der Waals surface area contributed by atoms with Crippen LogP contribution in [0.1, 0.15) is 39.0 Å². The van der Waals surface area contributed by atoms with Crippen LogP contribution in [0.2, 0.25) is 0 Å². The summed E-state index contributed by atoms with van der Waals surface area (Å²) in [5.41, 5.74) is 5.80. The summed E-state index contributed by atoms with van der Waals surface area (Å²) in [7, 11) is 1.40. The molecule has 1 fully saturated rings. The molecule has 1 aliphatic heterocycles. The van der Waals surface area contributed by atoms with E-state index in [9.17, 15) is 43.8 Å². The maximum absolute atomic E-state index is 13.5. The minimum absolute atomic E-state index is 0.0138. The average molecular weight is 714 g/mol. The summed E-state index contributed by atoms with van der Waals surface area (Å²) in [6.45, 7) is 4.12. The molecule has 10 N–H and O–H groups in total. The van der Waals surface area contributed by atoms with Crippen molar-refractivity contribution in [3.63, 3.8) is 0 Å². The van der Waals surface area contributed by atoms with E-state index >= 15 is 0 Å². The molecule has 3 heterocycles. The number of ether oxygens (including phenoxy) is 1. The van der Waals surface area contributed by atoms with E-state index in [0.717, 1.165) is 21.5 Å². The number of aromatic amines is 2. The number of carboxylic acid groups (broad SMARTS) is 1. The molecule has 19 heteroatoms. The highest BCUT2D eigenvalue weighted by molar-refractivity contribution is 5.93. The molecule has 3 aromatic rings. The number of nitrogens with two attached hydrogens (primary N) is 1. The molecule has 8 atom stereocenters. The number of H-pyrrole nitrogens is 2. The Morgan fingerprint density at radius 3 is 2.43 bits per heavy atom. The number of fused-ring (bicyclic) bond motifs is 1. The highest BCUT2D eigenvalue weighted by Crippen LogP contribution is 2.27. The molecule has 1 aliphatic rings. The van der Waals surface area contributed by atoms with E-state index in [-0.39, 0.29) is 19.4 Å². The molecule has 0 bridgehead atoms. The molecule has 0 aliphatic carbocycles. The Kier molecular flexibility index (Phi) is 12.3. The van der Waals surface area contributed by atoms with Crippen molar-refractivity contribution in [1.82, 2.24) is 40.7 Å². The van der Waals surface area contributed by atoms with Crippen molar-refractivity contribution < 1.29 is 38.9 Å². The Balaban J connectivity index is 1.40. The van der Waals surface area contributed by atoms with E-state index in [1.54, 1.807) is 12.3 Å². The lowest BCUT2D eigenvalue weighted by Gasteiger charge is -2.33. The topological polar surface area (TPSA) is 283 Å². The van der Waals surface area contributed by atoms with Gasteiger partial charge in [-0.3, -0.25) is 28.7 Å². The maximum Gasteiger partial charge on any atom is 0.330 e. The van der Waals surface area contributed by atoms with Crippen LogP contribution in [0.4, 0.5) is 4.79 Å². The summed E-state index contributed by atoms with van der Waals surface area (Å²) in [6, 6.07) is 1.56. The number of para-hydroxylation sites is 1. The van der Waals surface area contributed by atoms with Gasteiger partial charge in [0.15, 0.2) is 6.23 Å². The fraction of sp³-hybridized carbons (Fsp3) is 0.469. The number of aliphatic hydroxyl groups is 1. The van der Waals surface area contributed by atoms with Crippen molar-refractivity contribution in [1.29, 1.82) is 0 Å². The number of aliphatic hydroxyl groups excluding tert-OH is 1. The van der Waals surface area contributed by atoms with Crippen molar-refractivity contribution in [3.05, 3.63) is 69.1 Å². The van der Waals surface area contributed by atoms with Crippen LogP contribution in [0.3, 0.4) is 0 Å². The first-order valence-corrected chi connectivity index (χ1v) is 16.2. The first-order valence-electron chi connectivity index (χ1n) is 16.2. The van der Waals surface area contributed by atoms with Gasteiger partial charge in [0.25, 0.3) is 5.56 Å². The van der Waals surface area contributed by atoms with E-state index in [1.807, 2.05) is 18.2 Å². The number of aromatic nitrogens is 3. The summed E-state index contributed by atoms with van der Waals surface area (Å²) >= 11 is 0. The zero-order valence-corrected chi connectivity index (χ0v) is 28.4. The monoisotopic (exact) mass is 713 g/mol. The van der Waals surface area contributed by atoms with Crippen LogP contribution in [0.25, 0.3) is 10.9 Å². The Morgan fingerprint density at radius 1 is 1.06 bits per heavy atom. The number of urea groups is 1. The molecule has 0 saturated carbocycles. The fourth-order valence-corrected chi connectivity index (χ4v) is 5.68. The van der Waals surface area contributed by atoms with Gasteiger partial charge in [-0.05, 0) is 32.4 Å². The fourth-order valence-electron chi connectivity index (χ4n) is 5.68. The molecular weight excluding hydrogens is 670 g/mol. The largest absolute Gasteiger partial charge is 0.480 e. The van der Waals surface area contributed by atoms with E-state index in [2.05, 4.69) is 31.2 Å². The summed E-state index contributed by atoms with van der Waals surface area (Å²) in [5.74, 6) is -3.39. The molecule has 0 spiro atoms. The summed E-state index contributed by atoms with van der Waals surface area (Å²) < 4.78 is 6.78. The van der Waals surface area contributed by atoms with Crippen molar-refractivity contribution >= 4 is 40.6 Å². The van der Waals surface area contributed by atoms with E-state index in [0.29, 0.717) is 5.56 Å². The van der Waals surface area contributed by atoms with E-state index in [1.165, 1.54) is 38.9 Å². The predicted octanol–water partition coefficient (Wildman–Crippen LogP) is -2.15. The number of amides is 5. The standard InChI is InChI=1S/C32H43N9O10/c1-15(33)28(46)40(4)17(3)25(27(45)35-14-19-12-23(42)29(51-19)41-10-9-24(43)38-32(41)50)39-26(44)16(2)36-31(49)37-22(30(47)48)11-18-13-34-21-8-6-5-7-20(18)21/h5-10,13,15-17,19,22-23,25,29,34,42H,11-12,14,33H2,1-4H3,(H,35,45)(H,39,44)(H,47,48)(H2,36,37,49)(H,38,43,50)/t15-,16-,17-,19+,22-,23+,25-,29+/m0/s1. The number of carbonyl (C=O) groups excluding carboxylic acids is 4. The molecule has 2 aromatic heterocycles. The third-order valence-electron chi connectivity index (χ3n) is 8.65. The van der Waals surface area contributed by atoms with Crippen LogP contribution < -0.4 is 38.2 Å². The van der Waals surface area contributed by atoms with Crippen molar-refractivity contribution in [2.24, 2.45) is 5.73 Å². The Labute approximate surface area is 290 Å². The Hall–Kier alpha value is -5.53. The van der Waals surface area contributed by atoms with Crippen molar-refractivity contribution in [2.45, 2.75) is 82.3 Å². The molecule has 0 radical (unpaired) electrons. The molecule has 51 heavy (non-hydrogen) atoms. The van der Waals surface area contributed by atoms with Gasteiger partial charge in [-0.2, -0.15) is 0 Å². The van der Waals surface area contributed by atoms with Gasteiger partial charge in [-0.15, -0.1) is 0 Å². The van der Waals surface area contributed by atoms with Gasteiger partial charge in [-0.1, -0.05) is 18.2 Å². The quantitative estimate of drug-likeness (QED) is 0.0868. The van der Waals surface area contributed by atoms with Crippen LogP contribution in [-0.4, -0.2) is 115 Å². The van der Waals surface area contributed by atoms with Crippen molar-refractivity contribution in [3.8, 4) is 0 Å². The number of nitrogens with one attached hydrogen (secondary N) is 6. The zero-order chi connectivity index (χ0) is 37.6. The molecule has 0 unspecified atom stereocenters. The van der Waals surface area contributed by atoms with Gasteiger partial charge in [0.1, 0.15) is 24.2 Å². The number of benzene rings is 1. The molecule has 1 saturated heterocycles. The van der Waals surface area contributed by atoms with Gasteiger partial charge < -0.3 is 51.8 Å². The number of carbonyl (C=O) groups is 5. The molecule has 19 nitrogen and oxygen atoms in total. The molecular formula is C32H43N9O10. The summed E-state index contributed by atoms with van der Waals surface area (Å²) in [5, 5.41) is 31.0. The summed E-state index contributed by atoms with van der Waals surface area (Å²) in [4.78, 5) is 94.3. The second-order valence-corrected chi connectivity index (χ2v) is 12.5. The van der Waals surface area contributed by atoms with Gasteiger partial charge in [0.2, 0.25) is 17.7 Å². The van der Waals surface area contributed by atoms with Gasteiger partial charge in [0, 0.05) is 55.8 Å². The number of hydrogen-bond acceptors (Lipinski definition) is 10.